The van der Waals surface area contributed by atoms with Crippen LogP contribution in [0.5, 0.6) is 0 Å². The van der Waals surface area contributed by atoms with Crippen LogP contribution < -0.4 is 5.73 Å². The summed E-state index contributed by atoms with van der Waals surface area (Å²) in [5, 5.41) is 4.07. The average Bonchev–Trinajstić information content (AvgIpc) is 3.15. The highest BCUT2D eigenvalue weighted by Crippen LogP contribution is 2.37. The Bertz CT molecular complexity index is 1180. The first-order chi connectivity index (χ1) is 12.9. The van der Waals surface area contributed by atoms with Crippen LogP contribution in [0, 0.1) is 27.7 Å². The van der Waals surface area contributed by atoms with E-state index in [1.807, 2.05) is 39.8 Å². The van der Waals surface area contributed by atoms with E-state index in [0.717, 1.165) is 56.1 Å². The number of nitrogens with zero attached hydrogens (tertiary/aromatic N) is 2. The molecule has 0 saturated heterocycles. The molecule has 4 aromatic rings. The van der Waals surface area contributed by atoms with E-state index >= 15 is 0 Å². The largest absolute Gasteiger partial charge is 0.366 e. The van der Waals surface area contributed by atoms with E-state index in [1.165, 1.54) is 0 Å². The normalized spacial score (nSPS) is 11.3. The van der Waals surface area contributed by atoms with Crippen molar-refractivity contribution in [2.75, 3.05) is 0 Å². The van der Waals surface area contributed by atoms with Gasteiger partial charge in [0.25, 0.3) is 0 Å². The highest BCUT2D eigenvalue weighted by molar-refractivity contribution is 6.01. The molecule has 6 heteroatoms. The van der Waals surface area contributed by atoms with Gasteiger partial charge in [0.2, 0.25) is 5.91 Å². The summed E-state index contributed by atoms with van der Waals surface area (Å²) in [6, 6.07) is 9.70. The fourth-order valence-electron chi connectivity index (χ4n) is 3.68. The molecule has 27 heavy (non-hydrogen) atoms. The fraction of sp³-hybridized carbons (Fsp3) is 0.190. The number of amides is 1. The number of imidazole rings is 1. The monoisotopic (exact) mass is 360 g/mol. The number of carbonyl (C=O) groups excluding carboxylic acids is 1. The Balaban J connectivity index is 2.06. The van der Waals surface area contributed by atoms with Crippen LogP contribution in [0.4, 0.5) is 0 Å². The van der Waals surface area contributed by atoms with Crippen molar-refractivity contribution in [2.45, 2.75) is 27.7 Å². The van der Waals surface area contributed by atoms with Gasteiger partial charge < -0.3 is 15.2 Å². The lowest BCUT2D eigenvalue weighted by atomic mass is 9.92. The molecule has 0 spiro atoms. The number of aryl methyl sites for hydroxylation is 3. The van der Waals surface area contributed by atoms with Crippen LogP contribution in [0.3, 0.4) is 0 Å². The Hall–Kier alpha value is -3.41. The van der Waals surface area contributed by atoms with Gasteiger partial charge in [-0.05, 0) is 62.6 Å². The molecule has 0 atom stereocenters. The molecule has 0 fully saturated rings. The Kier molecular flexibility index (Phi) is 3.84. The number of fused-ring (bicyclic) bond motifs is 1. The zero-order chi connectivity index (χ0) is 19.3. The molecule has 3 N–H and O–H groups in total. The Labute approximate surface area is 156 Å². The maximum Gasteiger partial charge on any atom is 0.248 e. The quantitative estimate of drug-likeness (QED) is 0.571. The van der Waals surface area contributed by atoms with Crippen LogP contribution in [0.15, 0.2) is 34.9 Å². The van der Waals surface area contributed by atoms with Crippen molar-refractivity contribution in [3.63, 3.8) is 0 Å². The number of nitrogens with two attached hydrogens (primary N) is 1. The number of aromatic nitrogens is 3. The molecule has 0 aliphatic rings. The van der Waals surface area contributed by atoms with Crippen LogP contribution in [0.25, 0.3) is 33.3 Å². The summed E-state index contributed by atoms with van der Waals surface area (Å²) in [5.74, 6) is 1.15. The molecule has 0 saturated carbocycles. The van der Waals surface area contributed by atoms with Crippen molar-refractivity contribution in [3.8, 4) is 22.3 Å². The lowest BCUT2D eigenvalue weighted by Crippen LogP contribution is -2.13. The van der Waals surface area contributed by atoms with Gasteiger partial charge in [0.05, 0.1) is 16.7 Å². The van der Waals surface area contributed by atoms with Crippen molar-refractivity contribution in [3.05, 3.63) is 58.7 Å². The van der Waals surface area contributed by atoms with E-state index in [4.69, 9.17) is 10.3 Å². The molecule has 4 rings (SSSR count). The first kappa shape index (κ1) is 17.0. The Morgan fingerprint density at radius 2 is 1.89 bits per heavy atom. The smallest absolute Gasteiger partial charge is 0.248 e. The maximum absolute atomic E-state index is 11.8. The minimum atomic E-state index is -0.439. The van der Waals surface area contributed by atoms with E-state index in [0.29, 0.717) is 5.56 Å². The number of primary amides is 1. The number of hydrogen-bond donors (Lipinski definition) is 2. The topological polar surface area (TPSA) is 97.8 Å². The predicted molar refractivity (Wildman–Crippen MR) is 104 cm³/mol. The van der Waals surface area contributed by atoms with Crippen molar-refractivity contribution < 1.29 is 9.32 Å². The maximum atomic E-state index is 11.8. The van der Waals surface area contributed by atoms with Crippen LogP contribution in [0.1, 0.15) is 33.2 Å². The summed E-state index contributed by atoms with van der Waals surface area (Å²) >= 11 is 0. The second kappa shape index (κ2) is 6.09. The highest BCUT2D eigenvalue weighted by atomic mass is 16.5. The molecule has 2 aromatic heterocycles. The van der Waals surface area contributed by atoms with Crippen molar-refractivity contribution in [1.82, 2.24) is 15.1 Å². The molecule has 0 unspecified atom stereocenters. The predicted octanol–water partition coefficient (Wildman–Crippen LogP) is 4.22. The third-order valence-electron chi connectivity index (χ3n) is 4.92. The molecule has 0 aliphatic heterocycles. The number of nitrogens with one attached hydrogen (secondary N) is 1. The standard InChI is InChI=1S/C21H20N4O2/c1-10-15(6-5-7-16(10)21(22)26)17-8-14(19-11(2)25-27-12(19)3)9-18-20(17)24-13(4)23-18/h5-9H,1-4H3,(H2,22,26)(H,23,24). The third kappa shape index (κ3) is 2.70. The summed E-state index contributed by atoms with van der Waals surface area (Å²) in [4.78, 5) is 19.8. The lowest BCUT2D eigenvalue weighted by Gasteiger charge is -2.12. The summed E-state index contributed by atoms with van der Waals surface area (Å²) in [6.07, 6.45) is 0. The fourth-order valence-corrected chi connectivity index (χ4v) is 3.68. The van der Waals surface area contributed by atoms with Gasteiger partial charge in [-0.2, -0.15) is 0 Å². The first-order valence-electron chi connectivity index (χ1n) is 8.70. The lowest BCUT2D eigenvalue weighted by molar-refractivity contribution is 0.0999. The number of carbonyl (C=O) groups is 1. The van der Waals surface area contributed by atoms with Crippen LogP contribution in [0.2, 0.25) is 0 Å². The zero-order valence-electron chi connectivity index (χ0n) is 15.7. The second-order valence-electron chi connectivity index (χ2n) is 6.78. The van der Waals surface area contributed by atoms with E-state index in [1.54, 1.807) is 6.07 Å². The van der Waals surface area contributed by atoms with Gasteiger partial charge in [0.1, 0.15) is 11.6 Å². The number of benzene rings is 2. The molecule has 6 nitrogen and oxygen atoms in total. The van der Waals surface area contributed by atoms with Gasteiger partial charge in [0, 0.05) is 16.7 Å². The Morgan fingerprint density at radius 1 is 1.11 bits per heavy atom. The van der Waals surface area contributed by atoms with Gasteiger partial charge in [0.15, 0.2) is 0 Å². The van der Waals surface area contributed by atoms with Crippen LogP contribution >= 0.6 is 0 Å². The average molecular weight is 360 g/mol. The van der Waals surface area contributed by atoms with E-state index in [9.17, 15) is 4.79 Å². The van der Waals surface area contributed by atoms with Gasteiger partial charge in [-0.15, -0.1) is 0 Å². The van der Waals surface area contributed by atoms with Gasteiger partial charge >= 0.3 is 0 Å². The van der Waals surface area contributed by atoms with Gasteiger partial charge in [-0.25, -0.2) is 4.98 Å². The number of H-pyrrole nitrogens is 1. The Morgan fingerprint density at radius 3 is 2.56 bits per heavy atom. The van der Waals surface area contributed by atoms with Crippen LogP contribution in [-0.4, -0.2) is 21.0 Å². The molecular formula is C21H20N4O2. The summed E-state index contributed by atoms with van der Waals surface area (Å²) in [5.41, 5.74) is 13.3. The summed E-state index contributed by atoms with van der Waals surface area (Å²) in [6.45, 7) is 7.65. The van der Waals surface area contributed by atoms with E-state index < -0.39 is 5.91 Å². The molecular weight excluding hydrogens is 340 g/mol. The zero-order valence-corrected chi connectivity index (χ0v) is 15.7. The number of rotatable bonds is 3. The summed E-state index contributed by atoms with van der Waals surface area (Å²) < 4.78 is 5.35. The van der Waals surface area contributed by atoms with Crippen LogP contribution in [-0.2, 0) is 0 Å². The first-order valence-corrected chi connectivity index (χ1v) is 8.70. The molecule has 0 bridgehead atoms. The molecule has 0 aliphatic carbocycles. The van der Waals surface area contributed by atoms with Crippen molar-refractivity contribution in [2.24, 2.45) is 5.73 Å². The number of hydrogen-bond acceptors (Lipinski definition) is 4. The molecule has 136 valence electrons. The highest BCUT2D eigenvalue weighted by Gasteiger charge is 2.18. The molecule has 1 amide bonds. The molecule has 0 radical (unpaired) electrons. The van der Waals surface area contributed by atoms with Gasteiger partial charge in [-0.3, -0.25) is 4.79 Å². The second-order valence-corrected chi connectivity index (χ2v) is 6.78. The van der Waals surface area contributed by atoms with Gasteiger partial charge in [-0.1, -0.05) is 17.3 Å². The molecule has 2 aromatic carbocycles. The molecule has 2 heterocycles. The summed E-state index contributed by atoms with van der Waals surface area (Å²) in [7, 11) is 0. The third-order valence-corrected chi connectivity index (χ3v) is 4.92. The van der Waals surface area contributed by atoms with E-state index in [2.05, 4.69) is 27.3 Å². The SMILES string of the molecule is Cc1nc2c(-c3cccc(C(N)=O)c3C)cc(-c3c(C)noc3C)cc2[nH]1. The van der Waals surface area contributed by atoms with Crippen molar-refractivity contribution in [1.29, 1.82) is 0 Å². The minimum absolute atomic E-state index is 0.439. The van der Waals surface area contributed by atoms with Crippen molar-refractivity contribution >= 4 is 16.9 Å². The number of aromatic amines is 1. The van der Waals surface area contributed by atoms with E-state index in [-0.39, 0.29) is 0 Å². The minimum Gasteiger partial charge on any atom is -0.366 e.